The maximum absolute atomic E-state index is 13.8. The van der Waals surface area contributed by atoms with E-state index in [1.54, 1.807) is 6.07 Å². The summed E-state index contributed by atoms with van der Waals surface area (Å²) in [5.41, 5.74) is 2.00. The molecule has 1 fully saturated rings. The van der Waals surface area contributed by atoms with Gasteiger partial charge in [-0.3, -0.25) is 4.90 Å². The standard InChI is InChI=1S/C16H25FN2.ClH/c1-3-4-8-16(19-11-9-18-10-12-19)14-6-5-7-15(17)13(14)2;/h5-7,16,18H,3-4,8-12H2,1-2H3;1H/t16-;/m1./s1. The number of benzene rings is 1. The van der Waals surface area contributed by atoms with Crippen LogP contribution in [0, 0.1) is 12.7 Å². The number of rotatable bonds is 5. The lowest BCUT2D eigenvalue weighted by Crippen LogP contribution is -2.45. The van der Waals surface area contributed by atoms with E-state index in [9.17, 15) is 4.39 Å². The molecular weight excluding hydrogens is 275 g/mol. The van der Waals surface area contributed by atoms with Gasteiger partial charge in [0.2, 0.25) is 0 Å². The minimum absolute atomic E-state index is 0. The molecule has 1 aliphatic heterocycles. The first kappa shape index (κ1) is 17.4. The monoisotopic (exact) mass is 300 g/mol. The van der Waals surface area contributed by atoms with Crippen LogP contribution < -0.4 is 5.32 Å². The topological polar surface area (TPSA) is 15.3 Å². The second-order valence-corrected chi connectivity index (χ2v) is 5.40. The molecule has 1 heterocycles. The summed E-state index contributed by atoms with van der Waals surface area (Å²) < 4.78 is 13.8. The summed E-state index contributed by atoms with van der Waals surface area (Å²) >= 11 is 0. The number of piperazine rings is 1. The van der Waals surface area contributed by atoms with E-state index in [4.69, 9.17) is 0 Å². The van der Waals surface area contributed by atoms with Crippen LogP contribution in [0.5, 0.6) is 0 Å². The van der Waals surface area contributed by atoms with Crippen molar-refractivity contribution in [2.24, 2.45) is 0 Å². The summed E-state index contributed by atoms with van der Waals surface area (Å²) in [7, 11) is 0. The van der Waals surface area contributed by atoms with E-state index in [1.165, 1.54) is 18.4 Å². The lowest BCUT2D eigenvalue weighted by Gasteiger charge is -2.36. The van der Waals surface area contributed by atoms with Crippen molar-refractivity contribution in [2.45, 2.75) is 39.2 Å². The highest BCUT2D eigenvalue weighted by Crippen LogP contribution is 2.30. The van der Waals surface area contributed by atoms with Crippen LogP contribution in [0.25, 0.3) is 0 Å². The summed E-state index contributed by atoms with van der Waals surface area (Å²) in [4.78, 5) is 2.51. The molecule has 0 amide bonds. The Morgan fingerprint density at radius 3 is 2.65 bits per heavy atom. The van der Waals surface area contributed by atoms with Gasteiger partial charge in [-0.15, -0.1) is 12.4 Å². The van der Waals surface area contributed by atoms with E-state index in [0.29, 0.717) is 6.04 Å². The third-order valence-corrected chi connectivity index (χ3v) is 4.09. The Labute approximate surface area is 128 Å². The molecule has 0 aliphatic carbocycles. The molecular formula is C16H26ClFN2. The molecule has 0 unspecified atom stereocenters. The third-order valence-electron chi connectivity index (χ3n) is 4.09. The lowest BCUT2D eigenvalue weighted by molar-refractivity contribution is 0.162. The maximum Gasteiger partial charge on any atom is 0.126 e. The van der Waals surface area contributed by atoms with Crippen LogP contribution >= 0.6 is 12.4 Å². The van der Waals surface area contributed by atoms with E-state index in [1.807, 2.05) is 13.0 Å². The fraction of sp³-hybridized carbons (Fsp3) is 0.625. The van der Waals surface area contributed by atoms with Crippen molar-refractivity contribution in [1.82, 2.24) is 10.2 Å². The normalized spacial score (nSPS) is 17.6. The van der Waals surface area contributed by atoms with Crippen LogP contribution in [0.4, 0.5) is 4.39 Å². The third kappa shape index (κ3) is 4.18. The quantitative estimate of drug-likeness (QED) is 0.892. The van der Waals surface area contributed by atoms with Crippen molar-refractivity contribution >= 4 is 12.4 Å². The summed E-state index contributed by atoms with van der Waals surface area (Å²) in [6.07, 6.45) is 3.52. The van der Waals surface area contributed by atoms with Gasteiger partial charge in [0.05, 0.1) is 0 Å². The van der Waals surface area contributed by atoms with Gasteiger partial charge in [0.1, 0.15) is 5.82 Å². The molecule has 0 bridgehead atoms. The molecule has 0 aromatic heterocycles. The van der Waals surface area contributed by atoms with E-state index in [2.05, 4.69) is 23.2 Å². The van der Waals surface area contributed by atoms with Gasteiger partial charge in [0.15, 0.2) is 0 Å². The Hall–Kier alpha value is -0.640. The van der Waals surface area contributed by atoms with Crippen LogP contribution in [-0.2, 0) is 0 Å². The van der Waals surface area contributed by atoms with E-state index < -0.39 is 0 Å². The van der Waals surface area contributed by atoms with Gasteiger partial charge in [-0.2, -0.15) is 0 Å². The number of hydrogen-bond acceptors (Lipinski definition) is 2. The van der Waals surface area contributed by atoms with E-state index in [-0.39, 0.29) is 18.2 Å². The largest absolute Gasteiger partial charge is 0.314 e. The van der Waals surface area contributed by atoms with Gasteiger partial charge in [0.25, 0.3) is 0 Å². The smallest absolute Gasteiger partial charge is 0.126 e. The molecule has 0 spiro atoms. The summed E-state index contributed by atoms with van der Waals surface area (Å²) in [5.74, 6) is -0.0749. The average Bonchev–Trinajstić information content (AvgIpc) is 2.45. The molecule has 2 nitrogen and oxygen atoms in total. The summed E-state index contributed by atoms with van der Waals surface area (Å²) in [6.45, 7) is 8.32. The molecule has 1 aromatic rings. The molecule has 0 radical (unpaired) electrons. The molecule has 1 saturated heterocycles. The Bertz CT molecular complexity index is 405. The molecule has 1 aromatic carbocycles. The predicted octanol–water partition coefficient (Wildman–Crippen LogP) is 3.69. The average molecular weight is 301 g/mol. The van der Waals surface area contributed by atoms with Crippen molar-refractivity contribution in [1.29, 1.82) is 0 Å². The number of nitrogens with zero attached hydrogens (tertiary/aromatic N) is 1. The first-order chi connectivity index (χ1) is 9.24. The number of halogens is 2. The van der Waals surface area contributed by atoms with Gasteiger partial charge in [-0.05, 0) is 30.5 Å². The minimum atomic E-state index is -0.0749. The van der Waals surface area contributed by atoms with Crippen molar-refractivity contribution in [3.8, 4) is 0 Å². The van der Waals surface area contributed by atoms with Gasteiger partial charge in [0, 0.05) is 32.2 Å². The van der Waals surface area contributed by atoms with Crippen LogP contribution in [0.1, 0.15) is 43.4 Å². The van der Waals surface area contributed by atoms with E-state index >= 15 is 0 Å². The number of nitrogens with one attached hydrogen (secondary N) is 1. The van der Waals surface area contributed by atoms with Crippen molar-refractivity contribution in [2.75, 3.05) is 26.2 Å². The fourth-order valence-corrected chi connectivity index (χ4v) is 2.91. The Kier molecular flexibility index (Phi) is 7.49. The zero-order chi connectivity index (χ0) is 13.7. The molecule has 1 aliphatic rings. The fourth-order valence-electron chi connectivity index (χ4n) is 2.91. The predicted molar refractivity (Wildman–Crippen MR) is 85.1 cm³/mol. The minimum Gasteiger partial charge on any atom is -0.314 e. The highest BCUT2D eigenvalue weighted by Gasteiger charge is 2.23. The van der Waals surface area contributed by atoms with Gasteiger partial charge >= 0.3 is 0 Å². The van der Waals surface area contributed by atoms with Gasteiger partial charge < -0.3 is 5.32 Å². The molecule has 20 heavy (non-hydrogen) atoms. The molecule has 2 rings (SSSR count). The van der Waals surface area contributed by atoms with Crippen molar-refractivity contribution < 1.29 is 4.39 Å². The highest BCUT2D eigenvalue weighted by molar-refractivity contribution is 5.85. The molecule has 0 saturated carbocycles. The second kappa shape index (κ2) is 8.60. The Balaban J connectivity index is 0.00000200. The molecule has 114 valence electrons. The van der Waals surface area contributed by atoms with Crippen LogP contribution in [-0.4, -0.2) is 31.1 Å². The first-order valence-electron chi connectivity index (χ1n) is 7.43. The SMILES string of the molecule is CCCC[C@H](c1cccc(F)c1C)N1CCNCC1.Cl. The highest BCUT2D eigenvalue weighted by atomic mass is 35.5. The molecule has 1 N–H and O–H groups in total. The van der Waals surface area contributed by atoms with Gasteiger partial charge in [-0.1, -0.05) is 31.9 Å². The number of unbranched alkanes of at least 4 members (excludes halogenated alkanes) is 1. The summed E-state index contributed by atoms with van der Waals surface area (Å²) in [6, 6.07) is 5.88. The van der Waals surface area contributed by atoms with E-state index in [0.717, 1.165) is 38.2 Å². The molecule has 1 atom stereocenters. The van der Waals surface area contributed by atoms with Crippen LogP contribution in [0.3, 0.4) is 0 Å². The zero-order valence-corrected chi connectivity index (χ0v) is 13.3. The second-order valence-electron chi connectivity index (χ2n) is 5.40. The Morgan fingerprint density at radius 2 is 2.00 bits per heavy atom. The lowest BCUT2D eigenvalue weighted by atomic mass is 9.94. The number of hydrogen-bond donors (Lipinski definition) is 1. The van der Waals surface area contributed by atoms with Crippen molar-refractivity contribution in [3.05, 3.63) is 35.1 Å². The zero-order valence-electron chi connectivity index (χ0n) is 12.5. The van der Waals surface area contributed by atoms with Crippen molar-refractivity contribution in [3.63, 3.8) is 0 Å². The molecule has 4 heteroatoms. The first-order valence-corrected chi connectivity index (χ1v) is 7.43. The van der Waals surface area contributed by atoms with Crippen LogP contribution in [0.15, 0.2) is 18.2 Å². The Morgan fingerprint density at radius 1 is 1.30 bits per heavy atom. The summed E-state index contributed by atoms with van der Waals surface area (Å²) in [5, 5.41) is 3.39. The maximum atomic E-state index is 13.8. The van der Waals surface area contributed by atoms with Gasteiger partial charge in [-0.25, -0.2) is 4.39 Å². The van der Waals surface area contributed by atoms with Crippen LogP contribution in [0.2, 0.25) is 0 Å².